The molecule has 0 saturated heterocycles. The van der Waals surface area contributed by atoms with Crippen molar-refractivity contribution in [3.63, 3.8) is 0 Å². The zero-order valence-corrected chi connectivity index (χ0v) is 12.2. The standard InChI is InChI=1S/C15H25ClN2/c1-2-3-4-5-6-7-8-9-11-17-14-10-12-18-15(16)13-14/h10,12-13H,2-9,11H2,1H3,(H,17,18). The second kappa shape index (κ2) is 10.2. The van der Waals surface area contributed by atoms with Gasteiger partial charge in [0.15, 0.2) is 0 Å². The Morgan fingerprint density at radius 3 is 2.39 bits per heavy atom. The van der Waals surface area contributed by atoms with Gasteiger partial charge in [-0.05, 0) is 18.6 Å². The number of halogens is 1. The van der Waals surface area contributed by atoms with Gasteiger partial charge in [-0.3, -0.25) is 0 Å². The zero-order chi connectivity index (χ0) is 13.1. The lowest BCUT2D eigenvalue weighted by molar-refractivity contribution is 0.581. The van der Waals surface area contributed by atoms with E-state index in [1.165, 1.54) is 51.4 Å². The van der Waals surface area contributed by atoms with E-state index >= 15 is 0 Å². The predicted molar refractivity (Wildman–Crippen MR) is 80.3 cm³/mol. The summed E-state index contributed by atoms with van der Waals surface area (Å²) in [6, 6.07) is 3.82. The van der Waals surface area contributed by atoms with E-state index in [0.29, 0.717) is 5.15 Å². The first-order valence-corrected chi connectivity index (χ1v) is 7.56. The van der Waals surface area contributed by atoms with Crippen LogP contribution < -0.4 is 5.32 Å². The van der Waals surface area contributed by atoms with Crippen LogP contribution >= 0.6 is 11.6 Å². The van der Waals surface area contributed by atoms with Gasteiger partial charge in [-0.25, -0.2) is 4.98 Å². The molecule has 2 nitrogen and oxygen atoms in total. The number of unbranched alkanes of at least 4 members (excludes halogenated alkanes) is 7. The molecule has 1 heterocycles. The van der Waals surface area contributed by atoms with Crippen LogP contribution in [-0.4, -0.2) is 11.5 Å². The van der Waals surface area contributed by atoms with Crippen LogP contribution in [-0.2, 0) is 0 Å². The minimum atomic E-state index is 0.552. The number of pyridine rings is 1. The Kier molecular flexibility index (Phi) is 8.66. The van der Waals surface area contributed by atoms with Gasteiger partial charge in [-0.2, -0.15) is 0 Å². The van der Waals surface area contributed by atoms with Crippen LogP contribution in [0.3, 0.4) is 0 Å². The summed E-state index contributed by atoms with van der Waals surface area (Å²) in [5.41, 5.74) is 1.07. The SMILES string of the molecule is CCCCCCCCCCNc1ccnc(Cl)c1. The fourth-order valence-corrected chi connectivity index (χ4v) is 2.18. The highest BCUT2D eigenvalue weighted by Gasteiger charge is 1.94. The Morgan fingerprint density at radius 1 is 1.06 bits per heavy atom. The van der Waals surface area contributed by atoms with Crippen molar-refractivity contribution in [1.29, 1.82) is 0 Å². The Bertz CT molecular complexity index is 315. The lowest BCUT2D eigenvalue weighted by atomic mass is 10.1. The van der Waals surface area contributed by atoms with Crippen molar-refractivity contribution in [2.75, 3.05) is 11.9 Å². The van der Waals surface area contributed by atoms with Crippen LogP contribution in [0, 0.1) is 0 Å². The van der Waals surface area contributed by atoms with E-state index in [9.17, 15) is 0 Å². The lowest BCUT2D eigenvalue weighted by Crippen LogP contribution is -2.01. The molecule has 0 aliphatic carbocycles. The molecular weight excluding hydrogens is 244 g/mol. The summed E-state index contributed by atoms with van der Waals surface area (Å²) < 4.78 is 0. The van der Waals surface area contributed by atoms with Crippen LogP contribution in [0.2, 0.25) is 5.15 Å². The largest absolute Gasteiger partial charge is 0.385 e. The first kappa shape index (κ1) is 15.3. The molecule has 1 rings (SSSR count). The summed E-state index contributed by atoms with van der Waals surface area (Å²) >= 11 is 5.82. The molecule has 0 saturated carbocycles. The Hall–Kier alpha value is -0.760. The molecule has 0 unspecified atom stereocenters. The molecule has 3 heteroatoms. The minimum absolute atomic E-state index is 0.552. The van der Waals surface area contributed by atoms with Gasteiger partial charge in [0.2, 0.25) is 0 Å². The van der Waals surface area contributed by atoms with Gasteiger partial charge in [-0.1, -0.05) is 63.5 Å². The van der Waals surface area contributed by atoms with Crippen LogP contribution in [0.15, 0.2) is 18.3 Å². The number of nitrogens with one attached hydrogen (secondary N) is 1. The third-order valence-electron chi connectivity index (χ3n) is 3.09. The average molecular weight is 269 g/mol. The van der Waals surface area contributed by atoms with Crippen LogP contribution in [0.1, 0.15) is 58.3 Å². The molecule has 0 fully saturated rings. The van der Waals surface area contributed by atoms with E-state index in [1.807, 2.05) is 12.1 Å². The van der Waals surface area contributed by atoms with Crippen LogP contribution in [0.25, 0.3) is 0 Å². The van der Waals surface area contributed by atoms with Crippen molar-refractivity contribution in [2.45, 2.75) is 58.3 Å². The van der Waals surface area contributed by atoms with Crippen LogP contribution in [0.5, 0.6) is 0 Å². The summed E-state index contributed by atoms with van der Waals surface area (Å²) in [5.74, 6) is 0. The summed E-state index contributed by atoms with van der Waals surface area (Å²) in [5, 5.41) is 3.92. The van der Waals surface area contributed by atoms with Gasteiger partial charge >= 0.3 is 0 Å². The lowest BCUT2D eigenvalue weighted by Gasteiger charge is -2.06. The Balaban J connectivity index is 1.92. The van der Waals surface area contributed by atoms with Crippen molar-refractivity contribution >= 4 is 17.3 Å². The molecule has 0 aliphatic heterocycles. The number of nitrogens with zero attached hydrogens (tertiary/aromatic N) is 1. The number of aromatic nitrogens is 1. The van der Waals surface area contributed by atoms with Crippen molar-refractivity contribution in [2.24, 2.45) is 0 Å². The summed E-state index contributed by atoms with van der Waals surface area (Å²) in [4.78, 5) is 3.96. The maximum atomic E-state index is 5.82. The Morgan fingerprint density at radius 2 is 1.72 bits per heavy atom. The van der Waals surface area contributed by atoms with Gasteiger partial charge in [0, 0.05) is 18.4 Å². The van der Waals surface area contributed by atoms with E-state index in [1.54, 1.807) is 6.20 Å². The van der Waals surface area contributed by atoms with Crippen molar-refractivity contribution in [3.8, 4) is 0 Å². The molecule has 102 valence electrons. The first-order valence-electron chi connectivity index (χ1n) is 7.18. The maximum Gasteiger partial charge on any atom is 0.131 e. The molecular formula is C15H25ClN2. The first-order chi connectivity index (χ1) is 8.83. The third-order valence-corrected chi connectivity index (χ3v) is 3.29. The normalized spacial score (nSPS) is 10.6. The van der Waals surface area contributed by atoms with E-state index in [-0.39, 0.29) is 0 Å². The van der Waals surface area contributed by atoms with Gasteiger partial charge in [0.1, 0.15) is 5.15 Å². The third kappa shape index (κ3) is 7.54. The highest BCUT2D eigenvalue weighted by atomic mass is 35.5. The molecule has 1 aromatic rings. The van der Waals surface area contributed by atoms with E-state index in [0.717, 1.165) is 12.2 Å². The average Bonchev–Trinajstić information content (AvgIpc) is 2.37. The minimum Gasteiger partial charge on any atom is -0.385 e. The fraction of sp³-hybridized carbons (Fsp3) is 0.667. The molecule has 18 heavy (non-hydrogen) atoms. The van der Waals surface area contributed by atoms with Gasteiger partial charge in [-0.15, -0.1) is 0 Å². The van der Waals surface area contributed by atoms with Gasteiger partial charge in [0.25, 0.3) is 0 Å². The molecule has 0 radical (unpaired) electrons. The molecule has 0 atom stereocenters. The van der Waals surface area contributed by atoms with Crippen molar-refractivity contribution in [3.05, 3.63) is 23.5 Å². The fourth-order valence-electron chi connectivity index (χ4n) is 2.00. The van der Waals surface area contributed by atoms with E-state index in [2.05, 4.69) is 17.2 Å². The summed E-state index contributed by atoms with van der Waals surface area (Å²) in [6.07, 6.45) is 12.6. The smallest absolute Gasteiger partial charge is 0.131 e. The van der Waals surface area contributed by atoms with Gasteiger partial charge < -0.3 is 5.32 Å². The Labute approximate surface area is 116 Å². The number of hydrogen-bond donors (Lipinski definition) is 1. The van der Waals surface area contributed by atoms with Gasteiger partial charge in [0.05, 0.1) is 0 Å². The van der Waals surface area contributed by atoms with Crippen molar-refractivity contribution < 1.29 is 0 Å². The summed E-state index contributed by atoms with van der Waals surface area (Å²) in [6.45, 7) is 3.28. The van der Waals surface area contributed by atoms with E-state index in [4.69, 9.17) is 11.6 Å². The molecule has 0 aromatic carbocycles. The topological polar surface area (TPSA) is 24.9 Å². The van der Waals surface area contributed by atoms with Crippen LogP contribution in [0.4, 0.5) is 5.69 Å². The predicted octanol–water partition coefficient (Wildman–Crippen LogP) is 5.29. The number of anilines is 1. The zero-order valence-electron chi connectivity index (χ0n) is 11.4. The molecule has 0 amide bonds. The number of hydrogen-bond acceptors (Lipinski definition) is 2. The van der Waals surface area contributed by atoms with Crippen molar-refractivity contribution in [1.82, 2.24) is 4.98 Å². The molecule has 0 bridgehead atoms. The quantitative estimate of drug-likeness (QED) is 0.461. The maximum absolute atomic E-state index is 5.82. The summed E-state index contributed by atoms with van der Waals surface area (Å²) in [7, 11) is 0. The highest BCUT2D eigenvalue weighted by Crippen LogP contribution is 2.12. The monoisotopic (exact) mass is 268 g/mol. The molecule has 0 aliphatic rings. The highest BCUT2D eigenvalue weighted by molar-refractivity contribution is 6.29. The molecule has 0 spiro atoms. The second-order valence-electron chi connectivity index (χ2n) is 4.77. The second-order valence-corrected chi connectivity index (χ2v) is 5.16. The number of rotatable bonds is 10. The molecule has 1 N–H and O–H groups in total. The van der Waals surface area contributed by atoms with E-state index < -0.39 is 0 Å². The molecule has 1 aromatic heterocycles.